The molecule has 2 amide bonds. The number of hydrogen-bond donors (Lipinski definition) is 1. The van der Waals surface area contributed by atoms with Crippen molar-refractivity contribution in [1.29, 1.82) is 0 Å². The van der Waals surface area contributed by atoms with E-state index in [0.29, 0.717) is 19.1 Å². The average molecular weight is 240 g/mol. The smallest absolute Gasteiger partial charge is 0.246 e. The van der Waals surface area contributed by atoms with Crippen LogP contribution in [-0.4, -0.2) is 48.1 Å². The van der Waals surface area contributed by atoms with Crippen molar-refractivity contribution in [2.24, 2.45) is 5.92 Å². The molecule has 1 N–H and O–H groups in total. The van der Waals surface area contributed by atoms with Crippen molar-refractivity contribution in [3.05, 3.63) is 0 Å². The summed E-state index contributed by atoms with van der Waals surface area (Å²) in [5.41, 5.74) is -0.758. The number of nitrogens with one attached hydrogen (secondary N) is 1. The van der Waals surface area contributed by atoms with Crippen LogP contribution in [0.25, 0.3) is 0 Å². The van der Waals surface area contributed by atoms with E-state index >= 15 is 0 Å². The van der Waals surface area contributed by atoms with Gasteiger partial charge in [0.05, 0.1) is 6.61 Å². The molecule has 96 valence electrons. The number of ether oxygens (including phenoxy) is 1. The van der Waals surface area contributed by atoms with Crippen LogP contribution in [0, 0.1) is 5.92 Å². The first-order valence-corrected chi connectivity index (χ1v) is 6.13. The normalized spacial score (nSPS) is 32.8. The van der Waals surface area contributed by atoms with Crippen LogP contribution in [0.2, 0.25) is 0 Å². The number of hydrogen-bond acceptors (Lipinski definition) is 3. The Balaban J connectivity index is 2.14. The Morgan fingerprint density at radius 2 is 2.18 bits per heavy atom. The number of carbonyl (C=O) groups is 2. The molecule has 0 aromatic heterocycles. The molecule has 0 radical (unpaired) electrons. The Hall–Kier alpha value is -1.10. The van der Waals surface area contributed by atoms with Crippen LogP contribution in [0.3, 0.4) is 0 Å². The maximum atomic E-state index is 12.1. The lowest BCUT2D eigenvalue weighted by Crippen LogP contribution is -2.68. The predicted octanol–water partition coefficient (Wildman–Crippen LogP) is 0.148. The average Bonchev–Trinajstić information content (AvgIpc) is 2.75. The van der Waals surface area contributed by atoms with Gasteiger partial charge >= 0.3 is 0 Å². The van der Waals surface area contributed by atoms with Gasteiger partial charge in [-0.3, -0.25) is 9.59 Å². The van der Waals surface area contributed by atoms with Crippen LogP contribution < -0.4 is 5.32 Å². The van der Waals surface area contributed by atoms with Gasteiger partial charge in [0.15, 0.2) is 0 Å². The monoisotopic (exact) mass is 240 g/mol. The Kier molecular flexibility index (Phi) is 3.12. The summed E-state index contributed by atoms with van der Waals surface area (Å²) in [6, 6.07) is -0.419. The molecule has 2 aliphatic heterocycles. The lowest BCUT2D eigenvalue weighted by atomic mass is 9.94. The summed E-state index contributed by atoms with van der Waals surface area (Å²) >= 11 is 0. The van der Waals surface area contributed by atoms with Gasteiger partial charge in [0, 0.05) is 19.1 Å². The van der Waals surface area contributed by atoms with Crippen molar-refractivity contribution < 1.29 is 14.3 Å². The second kappa shape index (κ2) is 4.29. The highest BCUT2D eigenvalue weighted by atomic mass is 16.5. The number of nitrogens with zero attached hydrogens (tertiary/aromatic N) is 1. The van der Waals surface area contributed by atoms with E-state index in [1.807, 2.05) is 0 Å². The SMILES string of the molecule is CC1NC(=O)C(C)(C)N(CC2CCOC2)C1=O. The van der Waals surface area contributed by atoms with Gasteiger partial charge in [-0.1, -0.05) is 0 Å². The molecular weight excluding hydrogens is 220 g/mol. The molecule has 5 heteroatoms. The molecule has 2 heterocycles. The molecule has 2 aliphatic rings. The summed E-state index contributed by atoms with van der Waals surface area (Å²) in [6.45, 7) is 7.38. The maximum Gasteiger partial charge on any atom is 0.246 e. The van der Waals surface area contributed by atoms with Crippen molar-refractivity contribution in [3.63, 3.8) is 0 Å². The molecule has 2 saturated heterocycles. The van der Waals surface area contributed by atoms with Gasteiger partial charge in [0.25, 0.3) is 0 Å². The first kappa shape index (κ1) is 12.4. The Morgan fingerprint density at radius 3 is 2.76 bits per heavy atom. The van der Waals surface area contributed by atoms with Crippen molar-refractivity contribution in [3.8, 4) is 0 Å². The van der Waals surface area contributed by atoms with E-state index in [0.717, 1.165) is 13.0 Å². The fourth-order valence-corrected chi connectivity index (χ4v) is 2.37. The number of amides is 2. The van der Waals surface area contributed by atoms with Crippen molar-refractivity contribution in [1.82, 2.24) is 10.2 Å². The third-order valence-electron chi connectivity index (χ3n) is 3.68. The van der Waals surface area contributed by atoms with E-state index in [9.17, 15) is 9.59 Å². The Morgan fingerprint density at radius 1 is 1.47 bits per heavy atom. The van der Waals surface area contributed by atoms with Gasteiger partial charge < -0.3 is 15.0 Å². The molecule has 0 aliphatic carbocycles. The molecule has 0 aromatic rings. The summed E-state index contributed by atoms with van der Waals surface area (Å²) in [5.74, 6) is 0.279. The van der Waals surface area contributed by atoms with Crippen molar-refractivity contribution in [2.75, 3.05) is 19.8 Å². The minimum atomic E-state index is -0.758. The summed E-state index contributed by atoms with van der Waals surface area (Å²) in [4.78, 5) is 25.8. The molecule has 2 rings (SSSR count). The van der Waals surface area contributed by atoms with Crippen LogP contribution in [0.5, 0.6) is 0 Å². The molecule has 0 spiro atoms. The quantitative estimate of drug-likeness (QED) is 0.747. The minimum absolute atomic E-state index is 0.00139. The molecule has 0 bridgehead atoms. The first-order chi connectivity index (χ1) is 7.93. The Labute approximate surface area is 101 Å². The van der Waals surface area contributed by atoms with Crippen LogP contribution in [0.15, 0.2) is 0 Å². The summed E-state index contributed by atoms with van der Waals surface area (Å²) in [6.07, 6.45) is 0.968. The van der Waals surface area contributed by atoms with Crippen LogP contribution >= 0.6 is 0 Å². The lowest BCUT2D eigenvalue weighted by molar-refractivity contribution is -0.155. The van der Waals surface area contributed by atoms with E-state index in [1.54, 1.807) is 25.7 Å². The second-order valence-corrected chi connectivity index (χ2v) is 5.43. The highest BCUT2D eigenvalue weighted by Crippen LogP contribution is 2.24. The van der Waals surface area contributed by atoms with Gasteiger partial charge in [0.1, 0.15) is 11.6 Å². The van der Waals surface area contributed by atoms with Crippen LogP contribution in [0.1, 0.15) is 27.2 Å². The fourth-order valence-electron chi connectivity index (χ4n) is 2.37. The van der Waals surface area contributed by atoms with Gasteiger partial charge in [-0.2, -0.15) is 0 Å². The maximum absolute atomic E-state index is 12.1. The predicted molar refractivity (Wildman–Crippen MR) is 62.3 cm³/mol. The molecular formula is C12H20N2O3. The standard InChI is InChI=1S/C12H20N2O3/c1-8-10(15)14(6-9-4-5-17-7-9)12(2,3)11(16)13-8/h8-9H,4-7H2,1-3H3,(H,13,16). The third kappa shape index (κ3) is 2.16. The van der Waals surface area contributed by atoms with Crippen LogP contribution in [-0.2, 0) is 14.3 Å². The largest absolute Gasteiger partial charge is 0.381 e. The molecule has 2 atom stereocenters. The zero-order valence-electron chi connectivity index (χ0n) is 10.7. The van der Waals surface area contributed by atoms with E-state index < -0.39 is 11.6 Å². The van der Waals surface area contributed by atoms with Crippen molar-refractivity contribution >= 4 is 11.8 Å². The third-order valence-corrected chi connectivity index (χ3v) is 3.68. The van der Waals surface area contributed by atoms with Crippen LogP contribution in [0.4, 0.5) is 0 Å². The molecule has 5 nitrogen and oxygen atoms in total. The van der Waals surface area contributed by atoms with Gasteiger partial charge in [-0.15, -0.1) is 0 Å². The number of rotatable bonds is 2. The molecule has 0 saturated carbocycles. The topological polar surface area (TPSA) is 58.6 Å². The zero-order valence-corrected chi connectivity index (χ0v) is 10.7. The van der Waals surface area contributed by atoms with E-state index in [1.165, 1.54) is 0 Å². The summed E-state index contributed by atoms with van der Waals surface area (Å²) < 4.78 is 5.32. The molecule has 2 fully saturated rings. The second-order valence-electron chi connectivity index (χ2n) is 5.43. The van der Waals surface area contributed by atoms with Gasteiger partial charge in [0.2, 0.25) is 11.8 Å². The highest BCUT2D eigenvalue weighted by molar-refractivity contribution is 5.99. The van der Waals surface area contributed by atoms with E-state index in [-0.39, 0.29) is 11.8 Å². The van der Waals surface area contributed by atoms with Crippen molar-refractivity contribution in [2.45, 2.75) is 38.8 Å². The fraction of sp³-hybridized carbons (Fsp3) is 0.833. The van der Waals surface area contributed by atoms with Gasteiger partial charge in [-0.25, -0.2) is 0 Å². The minimum Gasteiger partial charge on any atom is -0.381 e. The van der Waals surface area contributed by atoms with E-state index in [2.05, 4.69) is 5.32 Å². The molecule has 17 heavy (non-hydrogen) atoms. The first-order valence-electron chi connectivity index (χ1n) is 6.13. The molecule has 2 unspecified atom stereocenters. The lowest BCUT2D eigenvalue weighted by Gasteiger charge is -2.44. The van der Waals surface area contributed by atoms with Gasteiger partial charge in [-0.05, 0) is 27.2 Å². The van der Waals surface area contributed by atoms with E-state index in [4.69, 9.17) is 4.74 Å². The summed E-state index contributed by atoms with van der Waals surface area (Å²) in [7, 11) is 0. The Bertz CT molecular complexity index is 335. The number of piperazine rings is 1. The highest BCUT2D eigenvalue weighted by Gasteiger charge is 2.45. The zero-order chi connectivity index (χ0) is 12.6. The summed E-state index contributed by atoms with van der Waals surface area (Å²) in [5, 5.41) is 2.71. The number of carbonyl (C=O) groups excluding carboxylic acids is 2. The molecule has 0 aromatic carbocycles.